The van der Waals surface area contributed by atoms with Gasteiger partial charge in [0.2, 0.25) is 5.28 Å². The van der Waals surface area contributed by atoms with Crippen molar-refractivity contribution in [1.29, 1.82) is 0 Å². The van der Waals surface area contributed by atoms with E-state index in [1.165, 1.54) is 0 Å². The van der Waals surface area contributed by atoms with Gasteiger partial charge in [-0.1, -0.05) is 44.0 Å². The molecule has 3 aromatic heterocycles. The van der Waals surface area contributed by atoms with Gasteiger partial charge >= 0.3 is 0 Å². The molecule has 0 unspecified atom stereocenters. The van der Waals surface area contributed by atoms with Crippen molar-refractivity contribution in [2.24, 2.45) is 0 Å². The van der Waals surface area contributed by atoms with Gasteiger partial charge in [-0.15, -0.1) is 0 Å². The van der Waals surface area contributed by atoms with Crippen LogP contribution in [-0.4, -0.2) is 36.3 Å². The molecule has 0 aliphatic rings. The maximum atomic E-state index is 13.0. The predicted molar refractivity (Wildman–Crippen MR) is 125 cm³/mol. The Bertz CT molecular complexity index is 1320. The Morgan fingerprint density at radius 3 is 2.66 bits per heavy atom. The molecule has 0 bridgehead atoms. The van der Waals surface area contributed by atoms with E-state index < -0.39 is 0 Å². The summed E-state index contributed by atoms with van der Waals surface area (Å²) in [7, 11) is 0. The summed E-state index contributed by atoms with van der Waals surface area (Å²) in [6.07, 6.45) is 3.98. The molecule has 0 saturated heterocycles. The van der Waals surface area contributed by atoms with Gasteiger partial charge < -0.3 is 9.72 Å². The van der Waals surface area contributed by atoms with Crippen LogP contribution in [0.1, 0.15) is 37.9 Å². The molecule has 0 aliphatic heterocycles. The first-order valence-electron chi connectivity index (χ1n) is 10.4. The molecule has 0 spiro atoms. The van der Waals surface area contributed by atoms with Crippen molar-refractivity contribution in [3.8, 4) is 17.1 Å². The molecule has 0 saturated carbocycles. The predicted octanol–water partition coefficient (Wildman–Crippen LogP) is 4.67. The van der Waals surface area contributed by atoms with Crippen LogP contribution in [0.2, 0.25) is 10.4 Å². The lowest BCUT2D eigenvalue weighted by molar-refractivity contribution is 0.318. The number of hydrogen-bond acceptors (Lipinski definition) is 6. The van der Waals surface area contributed by atoms with Crippen LogP contribution in [0.4, 0.5) is 0 Å². The van der Waals surface area contributed by atoms with Crippen molar-refractivity contribution >= 4 is 34.2 Å². The molecule has 4 aromatic rings. The highest BCUT2D eigenvalue weighted by Gasteiger charge is 2.19. The van der Waals surface area contributed by atoms with E-state index in [0.29, 0.717) is 42.2 Å². The Kier molecular flexibility index (Phi) is 6.72. The first kappa shape index (κ1) is 22.2. The molecule has 10 heteroatoms. The Morgan fingerprint density at radius 1 is 1.09 bits per heavy atom. The zero-order valence-electron chi connectivity index (χ0n) is 17.7. The van der Waals surface area contributed by atoms with Crippen LogP contribution in [0.5, 0.6) is 5.75 Å². The Labute approximate surface area is 194 Å². The van der Waals surface area contributed by atoms with Gasteiger partial charge in [0.05, 0.1) is 24.4 Å². The van der Waals surface area contributed by atoms with E-state index in [4.69, 9.17) is 32.9 Å². The van der Waals surface area contributed by atoms with Gasteiger partial charge in [0, 0.05) is 11.8 Å². The number of rotatable bonds is 8. The molecule has 0 aliphatic carbocycles. The molecular weight excluding hydrogens is 451 g/mol. The fourth-order valence-electron chi connectivity index (χ4n) is 3.44. The quantitative estimate of drug-likeness (QED) is 0.295. The minimum atomic E-state index is -0.315. The van der Waals surface area contributed by atoms with Crippen LogP contribution in [-0.2, 0) is 13.0 Å². The van der Waals surface area contributed by atoms with Gasteiger partial charge in [0.1, 0.15) is 22.2 Å². The minimum Gasteiger partial charge on any atom is -0.493 e. The summed E-state index contributed by atoms with van der Waals surface area (Å²) in [5.74, 6) is 1.12. The molecule has 0 fully saturated rings. The average Bonchev–Trinajstić information content (AvgIpc) is 3.12. The molecule has 0 amide bonds. The fourth-order valence-corrected chi connectivity index (χ4v) is 3.81. The number of ether oxygens (including phenoxy) is 1. The van der Waals surface area contributed by atoms with E-state index in [0.717, 1.165) is 24.1 Å². The van der Waals surface area contributed by atoms with Crippen molar-refractivity contribution in [3.05, 3.63) is 62.5 Å². The van der Waals surface area contributed by atoms with Crippen LogP contribution in [0.3, 0.4) is 0 Å². The maximum Gasteiger partial charge on any atom is 0.279 e. The summed E-state index contributed by atoms with van der Waals surface area (Å²) in [6, 6.07) is 7.53. The largest absolute Gasteiger partial charge is 0.493 e. The van der Waals surface area contributed by atoms with Gasteiger partial charge in [0.15, 0.2) is 5.52 Å². The summed E-state index contributed by atoms with van der Waals surface area (Å²) in [6.45, 7) is 4.97. The minimum absolute atomic E-state index is 0.0740. The molecule has 1 aromatic carbocycles. The van der Waals surface area contributed by atoms with Crippen LogP contribution in [0.25, 0.3) is 22.4 Å². The highest BCUT2D eigenvalue weighted by molar-refractivity contribution is 6.32. The van der Waals surface area contributed by atoms with E-state index >= 15 is 0 Å². The SMILES string of the molecule is CCCOc1ccccc1-c1nc2c(CCC)n(Cc3cnc(Cl)nc3Cl)nc2c(=O)[nH]1. The number of aromatic nitrogens is 6. The van der Waals surface area contributed by atoms with Crippen molar-refractivity contribution in [1.82, 2.24) is 29.7 Å². The number of para-hydroxylation sites is 1. The van der Waals surface area contributed by atoms with Crippen LogP contribution in [0.15, 0.2) is 35.3 Å². The topological polar surface area (TPSA) is 98.6 Å². The van der Waals surface area contributed by atoms with Crippen molar-refractivity contribution in [3.63, 3.8) is 0 Å². The standard InChI is InChI=1S/C22H22Cl2N6O2/c1-3-7-15-17-18(29-30(15)12-13-11-25-22(24)27-19(13)23)21(31)28-20(26-17)14-8-5-6-9-16(14)32-10-4-2/h5-6,8-9,11H,3-4,7,10,12H2,1-2H3,(H,26,28,31). The number of fused-ring (bicyclic) bond motifs is 1. The van der Waals surface area contributed by atoms with E-state index in [9.17, 15) is 4.79 Å². The Morgan fingerprint density at radius 2 is 1.91 bits per heavy atom. The third-order valence-electron chi connectivity index (χ3n) is 4.89. The van der Waals surface area contributed by atoms with Gasteiger partial charge in [-0.2, -0.15) is 5.10 Å². The lowest BCUT2D eigenvalue weighted by Gasteiger charge is -2.10. The zero-order valence-corrected chi connectivity index (χ0v) is 19.2. The zero-order chi connectivity index (χ0) is 22.7. The molecule has 8 nitrogen and oxygen atoms in total. The van der Waals surface area contributed by atoms with E-state index in [-0.39, 0.29) is 21.5 Å². The number of aromatic amines is 1. The van der Waals surface area contributed by atoms with Crippen LogP contribution < -0.4 is 10.3 Å². The second-order valence-electron chi connectivity index (χ2n) is 7.27. The number of halogens is 2. The normalized spacial score (nSPS) is 11.2. The number of aryl methyl sites for hydroxylation is 1. The number of benzene rings is 1. The summed E-state index contributed by atoms with van der Waals surface area (Å²) < 4.78 is 7.59. The van der Waals surface area contributed by atoms with E-state index in [1.54, 1.807) is 10.9 Å². The van der Waals surface area contributed by atoms with E-state index in [1.807, 2.05) is 31.2 Å². The first-order chi connectivity index (χ1) is 15.5. The van der Waals surface area contributed by atoms with Crippen molar-refractivity contribution in [2.75, 3.05) is 6.61 Å². The van der Waals surface area contributed by atoms with E-state index in [2.05, 4.69) is 27.0 Å². The summed E-state index contributed by atoms with van der Waals surface area (Å²) in [4.78, 5) is 28.6. The van der Waals surface area contributed by atoms with Gasteiger partial charge in [-0.25, -0.2) is 15.0 Å². The molecule has 1 N–H and O–H groups in total. The summed E-state index contributed by atoms with van der Waals surface area (Å²) >= 11 is 12.0. The lowest BCUT2D eigenvalue weighted by Crippen LogP contribution is -2.10. The number of hydrogen-bond donors (Lipinski definition) is 1. The van der Waals surface area contributed by atoms with Gasteiger partial charge in [0.25, 0.3) is 5.56 Å². The Balaban J connectivity index is 1.84. The molecule has 3 heterocycles. The third kappa shape index (κ3) is 4.47. The fraction of sp³-hybridized carbons (Fsp3) is 0.318. The molecule has 4 rings (SSSR count). The molecule has 166 valence electrons. The smallest absolute Gasteiger partial charge is 0.279 e. The first-order valence-corrected chi connectivity index (χ1v) is 11.2. The molecule has 0 radical (unpaired) electrons. The average molecular weight is 473 g/mol. The Hall–Kier alpha value is -2.97. The summed E-state index contributed by atoms with van der Waals surface area (Å²) in [5.41, 5.74) is 2.73. The molecular formula is C22H22Cl2N6O2. The molecule has 32 heavy (non-hydrogen) atoms. The number of nitrogens with one attached hydrogen (secondary N) is 1. The third-order valence-corrected chi connectivity index (χ3v) is 5.40. The highest BCUT2D eigenvalue weighted by atomic mass is 35.5. The van der Waals surface area contributed by atoms with Gasteiger partial charge in [-0.05, 0) is 36.6 Å². The monoisotopic (exact) mass is 472 g/mol. The summed E-state index contributed by atoms with van der Waals surface area (Å²) in [5, 5.41) is 4.85. The lowest BCUT2D eigenvalue weighted by atomic mass is 10.1. The number of H-pyrrole nitrogens is 1. The van der Waals surface area contributed by atoms with Crippen molar-refractivity contribution in [2.45, 2.75) is 39.7 Å². The molecule has 0 atom stereocenters. The van der Waals surface area contributed by atoms with Crippen LogP contribution in [0, 0.1) is 0 Å². The number of nitrogens with zero attached hydrogens (tertiary/aromatic N) is 5. The highest BCUT2D eigenvalue weighted by Crippen LogP contribution is 2.28. The second-order valence-corrected chi connectivity index (χ2v) is 7.96. The maximum absolute atomic E-state index is 13.0. The van der Waals surface area contributed by atoms with Gasteiger partial charge in [-0.3, -0.25) is 9.48 Å². The second kappa shape index (κ2) is 9.67. The van der Waals surface area contributed by atoms with Crippen molar-refractivity contribution < 1.29 is 4.74 Å². The van der Waals surface area contributed by atoms with Crippen LogP contribution >= 0.6 is 23.2 Å².